The maximum atomic E-state index is 12.7. The molecule has 0 radical (unpaired) electrons. The third-order valence-corrected chi connectivity index (χ3v) is 11.5. The SMILES string of the molecule is Cl.Cl.O=c1[nH]c(NCc2ccc(Cl)c(Cl)c2)nc2cnn(CC(CO)N3CCOCC3)c12.O=c1[nH]c(NCc2ccc(Cl)c(Cl)c2)nc2cnn(CC(O)CN3CCOCC3)c12. The molecule has 62 heavy (non-hydrogen) atoms. The summed E-state index contributed by atoms with van der Waals surface area (Å²) >= 11 is 23.9. The fourth-order valence-electron chi connectivity index (χ4n) is 6.90. The van der Waals surface area contributed by atoms with Gasteiger partial charge in [0.1, 0.15) is 11.0 Å². The second kappa shape index (κ2) is 23.3. The van der Waals surface area contributed by atoms with Crippen molar-refractivity contribution in [2.75, 3.05) is 76.4 Å². The minimum Gasteiger partial charge on any atom is -0.395 e. The summed E-state index contributed by atoms with van der Waals surface area (Å²) in [7, 11) is 0. The number of H-pyrrole nitrogens is 2. The van der Waals surface area contributed by atoms with Gasteiger partial charge in [-0.15, -0.1) is 24.8 Å². The summed E-state index contributed by atoms with van der Waals surface area (Å²) in [6.07, 6.45) is 2.43. The quantitative estimate of drug-likeness (QED) is 0.0898. The van der Waals surface area contributed by atoms with Gasteiger partial charge in [-0.2, -0.15) is 10.2 Å². The molecule has 2 unspecified atom stereocenters. The zero-order valence-electron chi connectivity index (χ0n) is 33.1. The monoisotopic (exact) mass is 976 g/mol. The fourth-order valence-corrected chi connectivity index (χ4v) is 7.54. The Morgan fingerprint density at radius 2 is 1.15 bits per heavy atom. The molecule has 4 aromatic heterocycles. The van der Waals surface area contributed by atoms with Crippen molar-refractivity contribution in [2.45, 2.75) is 38.3 Å². The summed E-state index contributed by atoms with van der Waals surface area (Å²) < 4.78 is 13.8. The number of anilines is 2. The smallest absolute Gasteiger partial charge is 0.278 e. The molecule has 8 rings (SSSR count). The van der Waals surface area contributed by atoms with E-state index in [-0.39, 0.29) is 55.1 Å². The Labute approximate surface area is 387 Å². The molecule has 6 aromatic rings. The average molecular weight is 980 g/mol. The number of β-amino-alcohol motifs (C(OH)–C–C–N with tert-alkyl or cyclic N) is 1. The lowest BCUT2D eigenvalue weighted by atomic mass is 10.2. The molecule has 2 aromatic carbocycles. The molecule has 0 saturated carbocycles. The molecule has 2 saturated heterocycles. The molecule has 6 N–H and O–H groups in total. The highest BCUT2D eigenvalue weighted by atomic mass is 35.5. The topological polar surface area (TPSA) is 217 Å². The number of hydrogen-bond acceptors (Lipinski definition) is 14. The highest BCUT2D eigenvalue weighted by molar-refractivity contribution is 6.42. The van der Waals surface area contributed by atoms with Crippen molar-refractivity contribution in [3.8, 4) is 0 Å². The third kappa shape index (κ3) is 12.7. The second-order valence-corrected chi connectivity index (χ2v) is 15.8. The van der Waals surface area contributed by atoms with Gasteiger partial charge in [0.15, 0.2) is 11.0 Å². The molecule has 24 heteroatoms. The van der Waals surface area contributed by atoms with Crippen molar-refractivity contribution in [3.05, 3.63) is 101 Å². The predicted molar refractivity (Wildman–Crippen MR) is 245 cm³/mol. The van der Waals surface area contributed by atoms with Crippen LogP contribution in [-0.4, -0.2) is 137 Å². The number of hydrogen-bond donors (Lipinski definition) is 6. The largest absolute Gasteiger partial charge is 0.395 e. The van der Waals surface area contributed by atoms with E-state index in [4.69, 9.17) is 55.9 Å². The van der Waals surface area contributed by atoms with Crippen LogP contribution < -0.4 is 21.8 Å². The summed E-state index contributed by atoms with van der Waals surface area (Å²) in [5.74, 6) is 0.664. The van der Waals surface area contributed by atoms with E-state index in [1.54, 1.807) is 35.1 Å². The van der Waals surface area contributed by atoms with Gasteiger partial charge in [-0.25, -0.2) is 9.97 Å². The van der Waals surface area contributed by atoms with Crippen LogP contribution in [-0.2, 0) is 35.7 Å². The van der Waals surface area contributed by atoms with Gasteiger partial charge in [0.25, 0.3) is 11.1 Å². The van der Waals surface area contributed by atoms with Crippen molar-refractivity contribution in [1.82, 2.24) is 49.3 Å². The van der Waals surface area contributed by atoms with Crippen LogP contribution in [0.15, 0.2) is 58.4 Å². The molecule has 0 bridgehead atoms. The van der Waals surface area contributed by atoms with E-state index in [0.717, 1.165) is 37.3 Å². The number of aliphatic hydroxyl groups is 2. The summed E-state index contributed by atoms with van der Waals surface area (Å²) in [5, 5.41) is 36.9. The number of rotatable bonds is 14. The highest BCUT2D eigenvalue weighted by Crippen LogP contribution is 2.24. The van der Waals surface area contributed by atoms with Crippen LogP contribution in [0.5, 0.6) is 0 Å². The van der Waals surface area contributed by atoms with Crippen molar-refractivity contribution < 1.29 is 19.7 Å². The summed E-state index contributed by atoms with van der Waals surface area (Å²) in [4.78, 5) is 43.9. The molecule has 0 spiro atoms. The maximum Gasteiger partial charge on any atom is 0.278 e. The van der Waals surface area contributed by atoms with Crippen LogP contribution in [0.3, 0.4) is 0 Å². The Balaban J connectivity index is 0.000000227. The number of nitrogens with one attached hydrogen (secondary N) is 4. The number of nitrogens with zero attached hydrogens (tertiary/aromatic N) is 8. The van der Waals surface area contributed by atoms with Crippen LogP contribution in [0.2, 0.25) is 20.1 Å². The number of morpholine rings is 2. The molecular formula is C38H46Cl6N12O6. The van der Waals surface area contributed by atoms with Gasteiger partial charge in [-0.3, -0.25) is 38.7 Å². The summed E-state index contributed by atoms with van der Waals surface area (Å²) in [6, 6.07) is 10.5. The van der Waals surface area contributed by atoms with Crippen LogP contribution in [0.25, 0.3) is 22.1 Å². The lowest BCUT2D eigenvalue weighted by Gasteiger charge is -2.33. The van der Waals surface area contributed by atoms with E-state index in [9.17, 15) is 19.8 Å². The minimum absolute atomic E-state index is 0. The summed E-state index contributed by atoms with van der Waals surface area (Å²) in [6.45, 7) is 7.54. The van der Waals surface area contributed by atoms with Gasteiger partial charge in [0.05, 0.1) is 90.8 Å². The highest BCUT2D eigenvalue weighted by Gasteiger charge is 2.23. The number of aromatic amines is 2. The molecule has 2 aliphatic rings. The number of halogens is 6. The Morgan fingerprint density at radius 3 is 1.61 bits per heavy atom. The maximum absolute atomic E-state index is 12.7. The molecule has 336 valence electrons. The van der Waals surface area contributed by atoms with Gasteiger partial charge >= 0.3 is 0 Å². The molecule has 18 nitrogen and oxygen atoms in total. The Bertz CT molecular complexity index is 2510. The van der Waals surface area contributed by atoms with E-state index in [1.165, 1.54) is 10.9 Å². The number of benzene rings is 2. The van der Waals surface area contributed by atoms with Gasteiger partial charge < -0.3 is 30.3 Å². The third-order valence-electron chi connectivity index (χ3n) is 10.00. The van der Waals surface area contributed by atoms with Crippen LogP contribution >= 0.6 is 71.2 Å². The van der Waals surface area contributed by atoms with E-state index in [1.807, 2.05) is 12.1 Å². The zero-order valence-corrected chi connectivity index (χ0v) is 37.8. The first-order valence-corrected chi connectivity index (χ1v) is 20.7. The van der Waals surface area contributed by atoms with Crippen molar-refractivity contribution >= 4 is 105 Å². The minimum atomic E-state index is -0.655. The number of aliphatic hydroxyl groups excluding tert-OH is 2. The van der Waals surface area contributed by atoms with Gasteiger partial charge in [-0.1, -0.05) is 58.5 Å². The van der Waals surface area contributed by atoms with E-state index < -0.39 is 6.10 Å². The molecular weight excluding hydrogens is 933 g/mol. The first-order valence-electron chi connectivity index (χ1n) is 19.2. The predicted octanol–water partition coefficient (Wildman–Crippen LogP) is 4.31. The molecule has 0 amide bonds. The first-order chi connectivity index (χ1) is 29.0. The van der Waals surface area contributed by atoms with E-state index in [2.05, 4.69) is 50.6 Å². The second-order valence-electron chi connectivity index (χ2n) is 14.2. The van der Waals surface area contributed by atoms with E-state index in [0.29, 0.717) is 107 Å². The average Bonchev–Trinajstić information content (AvgIpc) is 3.85. The standard InChI is InChI=1S/2C19H22Cl2N6O3.2ClH/c20-14-2-1-12(7-15(14)21)8-22-19-24-16-9-23-27(17(16)18(29)25-19)10-13(11-28)26-3-5-30-6-4-26;20-14-2-1-12(7-15(14)21)8-22-19-24-16-9-23-27(17(16)18(29)25-19)11-13(28)10-26-3-5-30-6-4-26;;/h2*1-2,7,9,13,28H,3-6,8,10-11H2,(H2,22,24,25,29);2*1H. The number of fused-ring (bicyclic) bond motifs is 2. The van der Waals surface area contributed by atoms with Crippen LogP contribution in [0, 0.1) is 0 Å². The van der Waals surface area contributed by atoms with Crippen molar-refractivity contribution in [1.29, 1.82) is 0 Å². The molecule has 2 fully saturated rings. The van der Waals surface area contributed by atoms with Gasteiger partial charge in [-0.05, 0) is 35.4 Å². The van der Waals surface area contributed by atoms with Gasteiger partial charge in [0, 0.05) is 45.8 Å². The molecule has 0 aliphatic carbocycles. The van der Waals surface area contributed by atoms with Crippen LogP contribution in [0.4, 0.5) is 11.9 Å². The molecule has 2 atom stereocenters. The zero-order chi connectivity index (χ0) is 42.2. The Morgan fingerprint density at radius 1 is 0.677 bits per heavy atom. The van der Waals surface area contributed by atoms with Crippen molar-refractivity contribution in [3.63, 3.8) is 0 Å². The lowest BCUT2D eigenvalue weighted by Crippen LogP contribution is -2.47. The fraction of sp³-hybridized carbons (Fsp3) is 0.421. The molecule has 6 heterocycles. The van der Waals surface area contributed by atoms with E-state index >= 15 is 0 Å². The first kappa shape index (κ1) is 49.3. The van der Waals surface area contributed by atoms with Crippen LogP contribution in [0.1, 0.15) is 11.1 Å². The van der Waals surface area contributed by atoms with Crippen molar-refractivity contribution in [2.24, 2.45) is 0 Å². The Hall–Kier alpha value is -3.76. The normalized spacial score (nSPS) is 15.6. The number of ether oxygens (including phenoxy) is 2. The number of aromatic nitrogens is 8. The lowest BCUT2D eigenvalue weighted by molar-refractivity contribution is -0.00158. The summed E-state index contributed by atoms with van der Waals surface area (Å²) in [5.41, 5.74) is 2.81. The molecule has 2 aliphatic heterocycles. The van der Waals surface area contributed by atoms with Gasteiger partial charge in [0.2, 0.25) is 11.9 Å². The Kier molecular flexibility index (Phi) is 18.5.